The van der Waals surface area contributed by atoms with Gasteiger partial charge in [-0.3, -0.25) is 4.79 Å². The number of anilines is 1. The van der Waals surface area contributed by atoms with E-state index in [2.05, 4.69) is 20.4 Å². The summed E-state index contributed by atoms with van der Waals surface area (Å²) < 4.78 is 5.96. The third-order valence-corrected chi connectivity index (χ3v) is 5.41. The van der Waals surface area contributed by atoms with Gasteiger partial charge in [0.1, 0.15) is 17.1 Å². The van der Waals surface area contributed by atoms with Gasteiger partial charge in [-0.05, 0) is 24.8 Å². The molecule has 0 saturated heterocycles. The van der Waals surface area contributed by atoms with Crippen LogP contribution in [0.1, 0.15) is 19.1 Å². The van der Waals surface area contributed by atoms with E-state index in [9.17, 15) is 4.79 Å². The molecule has 0 aromatic carbocycles. The highest BCUT2D eigenvalue weighted by Crippen LogP contribution is 2.32. The standard InChI is InChI=1S/C14H14N4O2S2/c1-3-10(13(19)17-11-6-8(2)20-18-11)22-14-12-9(4-5-21-12)15-7-16-14/h4-7,10H,3H2,1-2H3,(H,17,18,19)/t10-/m0/s1. The molecule has 8 heteroatoms. The summed E-state index contributed by atoms with van der Waals surface area (Å²) in [6, 6.07) is 3.64. The number of carbonyl (C=O) groups excluding carboxylic acids is 1. The highest BCUT2D eigenvalue weighted by Gasteiger charge is 2.21. The van der Waals surface area contributed by atoms with Gasteiger partial charge < -0.3 is 9.84 Å². The molecular formula is C14H14N4O2S2. The van der Waals surface area contributed by atoms with Gasteiger partial charge in [-0.1, -0.05) is 23.8 Å². The first-order chi connectivity index (χ1) is 10.7. The molecule has 0 aliphatic carbocycles. The van der Waals surface area contributed by atoms with Crippen LogP contribution in [0.15, 0.2) is 33.4 Å². The summed E-state index contributed by atoms with van der Waals surface area (Å²) in [6.07, 6.45) is 2.22. The fourth-order valence-corrected chi connectivity index (χ4v) is 3.88. The average molecular weight is 334 g/mol. The number of nitrogens with one attached hydrogen (secondary N) is 1. The number of rotatable bonds is 5. The Morgan fingerprint density at radius 2 is 2.36 bits per heavy atom. The van der Waals surface area contributed by atoms with Crippen molar-refractivity contribution in [3.63, 3.8) is 0 Å². The summed E-state index contributed by atoms with van der Waals surface area (Å²) in [7, 11) is 0. The van der Waals surface area contributed by atoms with Crippen LogP contribution in [0.5, 0.6) is 0 Å². The number of hydrogen-bond donors (Lipinski definition) is 1. The lowest BCUT2D eigenvalue weighted by Crippen LogP contribution is -2.24. The number of aryl methyl sites for hydroxylation is 1. The minimum atomic E-state index is -0.253. The maximum Gasteiger partial charge on any atom is 0.239 e. The van der Waals surface area contributed by atoms with Crippen LogP contribution < -0.4 is 5.32 Å². The van der Waals surface area contributed by atoms with Crippen LogP contribution in [0, 0.1) is 6.92 Å². The Balaban J connectivity index is 1.76. The molecule has 0 saturated carbocycles. The molecule has 1 atom stereocenters. The molecule has 3 rings (SSSR count). The van der Waals surface area contributed by atoms with Crippen molar-refractivity contribution in [3.8, 4) is 0 Å². The number of carbonyl (C=O) groups is 1. The molecule has 22 heavy (non-hydrogen) atoms. The molecule has 3 aromatic rings. The van der Waals surface area contributed by atoms with Crippen molar-refractivity contribution >= 4 is 45.0 Å². The number of thioether (sulfide) groups is 1. The average Bonchev–Trinajstić information content (AvgIpc) is 3.13. The monoisotopic (exact) mass is 334 g/mol. The highest BCUT2D eigenvalue weighted by molar-refractivity contribution is 8.00. The normalized spacial score (nSPS) is 12.5. The van der Waals surface area contributed by atoms with E-state index in [0.29, 0.717) is 18.0 Å². The van der Waals surface area contributed by atoms with Crippen molar-refractivity contribution in [3.05, 3.63) is 29.6 Å². The smallest absolute Gasteiger partial charge is 0.239 e. The molecule has 0 aliphatic rings. The third-order valence-electron chi connectivity index (χ3n) is 3.01. The molecule has 0 aliphatic heterocycles. The van der Waals surface area contributed by atoms with Crippen molar-refractivity contribution in [2.45, 2.75) is 30.5 Å². The second-order valence-corrected chi connectivity index (χ2v) is 6.75. The molecule has 1 N–H and O–H groups in total. The maximum absolute atomic E-state index is 12.4. The number of nitrogens with zero attached hydrogens (tertiary/aromatic N) is 3. The Labute approximate surface area is 135 Å². The van der Waals surface area contributed by atoms with E-state index in [1.165, 1.54) is 18.1 Å². The molecule has 0 fully saturated rings. The Morgan fingerprint density at radius 3 is 3.09 bits per heavy atom. The zero-order chi connectivity index (χ0) is 15.5. The lowest BCUT2D eigenvalue weighted by atomic mass is 10.3. The Hall–Kier alpha value is -1.93. The fraction of sp³-hybridized carbons (Fsp3) is 0.286. The topological polar surface area (TPSA) is 80.9 Å². The molecule has 114 valence electrons. The van der Waals surface area contributed by atoms with Crippen LogP contribution >= 0.6 is 23.1 Å². The van der Waals surface area contributed by atoms with E-state index >= 15 is 0 Å². The van der Waals surface area contributed by atoms with E-state index in [0.717, 1.165) is 15.2 Å². The number of amides is 1. The largest absolute Gasteiger partial charge is 0.360 e. The quantitative estimate of drug-likeness (QED) is 0.568. The van der Waals surface area contributed by atoms with Gasteiger partial charge in [0.25, 0.3) is 0 Å². The number of thiophene rings is 1. The van der Waals surface area contributed by atoms with Gasteiger partial charge in [-0.15, -0.1) is 11.3 Å². The first-order valence-electron chi connectivity index (χ1n) is 6.76. The molecule has 3 heterocycles. The summed E-state index contributed by atoms with van der Waals surface area (Å²) in [5.74, 6) is 0.988. The Bertz CT molecular complexity index is 799. The molecule has 0 bridgehead atoms. The van der Waals surface area contributed by atoms with E-state index < -0.39 is 0 Å². The van der Waals surface area contributed by atoms with Gasteiger partial charge in [-0.2, -0.15) is 0 Å². The fourth-order valence-electron chi connectivity index (χ4n) is 1.94. The SMILES string of the molecule is CC[C@H](Sc1ncnc2ccsc12)C(=O)Nc1cc(C)on1. The number of aromatic nitrogens is 3. The van der Waals surface area contributed by atoms with Crippen molar-refractivity contribution in [2.75, 3.05) is 5.32 Å². The predicted octanol–water partition coefficient (Wildman–Crippen LogP) is 3.50. The lowest BCUT2D eigenvalue weighted by molar-refractivity contribution is -0.115. The van der Waals surface area contributed by atoms with Crippen LogP contribution in [-0.2, 0) is 4.79 Å². The molecule has 0 unspecified atom stereocenters. The molecule has 3 aromatic heterocycles. The third kappa shape index (κ3) is 3.12. The van der Waals surface area contributed by atoms with Gasteiger partial charge >= 0.3 is 0 Å². The summed E-state index contributed by atoms with van der Waals surface area (Å²) >= 11 is 3.03. The van der Waals surface area contributed by atoms with E-state index in [-0.39, 0.29) is 11.2 Å². The minimum absolute atomic E-state index is 0.107. The number of hydrogen-bond acceptors (Lipinski definition) is 7. The molecule has 0 spiro atoms. The van der Waals surface area contributed by atoms with E-state index in [1.54, 1.807) is 24.3 Å². The zero-order valence-corrected chi connectivity index (χ0v) is 13.7. The second-order valence-electron chi connectivity index (χ2n) is 4.64. The molecule has 0 radical (unpaired) electrons. The first kappa shape index (κ1) is 15.0. The summed E-state index contributed by atoms with van der Waals surface area (Å²) in [6.45, 7) is 3.75. The van der Waals surface area contributed by atoms with Gasteiger partial charge in [0.05, 0.1) is 15.5 Å². The minimum Gasteiger partial charge on any atom is -0.360 e. The van der Waals surface area contributed by atoms with Crippen molar-refractivity contribution < 1.29 is 9.32 Å². The lowest BCUT2D eigenvalue weighted by Gasteiger charge is -2.13. The second kappa shape index (κ2) is 6.45. The van der Waals surface area contributed by atoms with Crippen LogP contribution in [0.25, 0.3) is 10.2 Å². The van der Waals surface area contributed by atoms with Gasteiger partial charge in [0, 0.05) is 6.07 Å². The summed E-state index contributed by atoms with van der Waals surface area (Å²) in [5, 5.41) is 9.11. The van der Waals surface area contributed by atoms with E-state index in [4.69, 9.17) is 4.52 Å². The number of fused-ring (bicyclic) bond motifs is 1. The van der Waals surface area contributed by atoms with Crippen LogP contribution in [0.4, 0.5) is 5.82 Å². The predicted molar refractivity (Wildman–Crippen MR) is 87.2 cm³/mol. The summed E-state index contributed by atoms with van der Waals surface area (Å²) in [5.41, 5.74) is 0.907. The van der Waals surface area contributed by atoms with E-state index in [1.807, 2.05) is 18.4 Å². The highest BCUT2D eigenvalue weighted by atomic mass is 32.2. The molecule has 6 nitrogen and oxygen atoms in total. The van der Waals surface area contributed by atoms with Crippen LogP contribution in [0.3, 0.4) is 0 Å². The van der Waals surface area contributed by atoms with Crippen molar-refractivity contribution in [1.29, 1.82) is 0 Å². The van der Waals surface area contributed by atoms with Gasteiger partial charge in [-0.25, -0.2) is 9.97 Å². The Kier molecular flexibility index (Phi) is 4.39. The first-order valence-corrected chi connectivity index (χ1v) is 8.52. The summed E-state index contributed by atoms with van der Waals surface area (Å²) in [4.78, 5) is 20.9. The molecular weight excluding hydrogens is 320 g/mol. The van der Waals surface area contributed by atoms with Gasteiger partial charge in [0.15, 0.2) is 5.82 Å². The maximum atomic E-state index is 12.4. The van der Waals surface area contributed by atoms with Crippen molar-refractivity contribution in [1.82, 2.24) is 15.1 Å². The van der Waals surface area contributed by atoms with Crippen molar-refractivity contribution in [2.24, 2.45) is 0 Å². The van der Waals surface area contributed by atoms with Crippen LogP contribution in [-0.4, -0.2) is 26.3 Å². The zero-order valence-electron chi connectivity index (χ0n) is 12.1. The Morgan fingerprint density at radius 1 is 1.50 bits per heavy atom. The van der Waals surface area contributed by atoms with Gasteiger partial charge in [0.2, 0.25) is 5.91 Å². The van der Waals surface area contributed by atoms with Crippen LogP contribution in [0.2, 0.25) is 0 Å². The molecule has 1 amide bonds.